The lowest BCUT2D eigenvalue weighted by molar-refractivity contribution is 0.0693. The van der Waals surface area contributed by atoms with Crippen molar-refractivity contribution in [2.45, 2.75) is 6.61 Å². The minimum absolute atomic E-state index is 0.0677. The molecule has 0 aliphatic carbocycles. The van der Waals surface area contributed by atoms with E-state index in [0.29, 0.717) is 17.1 Å². The van der Waals surface area contributed by atoms with E-state index in [9.17, 15) is 14.3 Å². The van der Waals surface area contributed by atoms with E-state index >= 15 is 0 Å². The summed E-state index contributed by atoms with van der Waals surface area (Å²) in [6, 6.07) is 9.23. The van der Waals surface area contributed by atoms with Gasteiger partial charge in [0.2, 0.25) is 0 Å². The topological polar surface area (TPSA) is 73.1 Å². The Morgan fingerprint density at radius 3 is 2.83 bits per heavy atom. The Morgan fingerprint density at radius 1 is 1.35 bits per heavy atom. The fraction of sp³-hybridized carbons (Fsp3) is 0.125. The molecule has 3 rings (SSSR count). The van der Waals surface area contributed by atoms with Crippen LogP contribution in [0.5, 0.6) is 11.5 Å². The van der Waals surface area contributed by atoms with Crippen LogP contribution in [0.25, 0.3) is 5.52 Å². The summed E-state index contributed by atoms with van der Waals surface area (Å²) >= 11 is 0. The van der Waals surface area contributed by atoms with E-state index in [2.05, 4.69) is 4.98 Å². The van der Waals surface area contributed by atoms with Gasteiger partial charge in [0, 0.05) is 12.3 Å². The molecule has 0 saturated carbocycles. The van der Waals surface area contributed by atoms with Crippen molar-refractivity contribution in [3.8, 4) is 11.5 Å². The van der Waals surface area contributed by atoms with E-state index in [0.717, 1.165) is 0 Å². The first-order valence-corrected chi connectivity index (χ1v) is 6.75. The molecule has 0 atom stereocenters. The van der Waals surface area contributed by atoms with Crippen LogP contribution in [-0.4, -0.2) is 27.6 Å². The molecule has 0 fully saturated rings. The normalized spacial score (nSPS) is 10.7. The van der Waals surface area contributed by atoms with Crippen molar-refractivity contribution in [3.63, 3.8) is 0 Å². The lowest BCUT2D eigenvalue weighted by Gasteiger charge is -2.07. The Kier molecular flexibility index (Phi) is 3.84. The smallest absolute Gasteiger partial charge is 0.356 e. The summed E-state index contributed by atoms with van der Waals surface area (Å²) in [5.74, 6) is -0.708. The Hall–Kier alpha value is -3.09. The second-order valence-corrected chi connectivity index (χ2v) is 4.72. The number of carbonyl (C=O) groups is 1. The standard InChI is InChI=1S/C16H13FN2O4/c1-22-10-6-7-19-12(8-10)15(16(20)21)18-14(19)9-23-13-5-3-2-4-11(13)17/h2-8H,9H2,1H3,(H,20,21). The molecule has 2 heterocycles. The molecule has 118 valence electrons. The van der Waals surface area contributed by atoms with Crippen molar-refractivity contribution in [2.75, 3.05) is 7.11 Å². The number of methoxy groups -OCH3 is 1. The number of hydrogen-bond donors (Lipinski definition) is 1. The number of fused-ring (bicyclic) bond motifs is 1. The van der Waals surface area contributed by atoms with Gasteiger partial charge in [0.15, 0.2) is 23.1 Å². The molecule has 0 radical (unpaired) electrons. The number of benzene rings is 1. The number of rotatable bonds is 5. The van der Waals surface area contributed by atoms with Gasteiger partial charge in [0.25, 0.3) is 0 Å². The third kappa shape index (κ3) is 2.80. The van der Waals surface area contributed by atoms with Gasteiger partial charge in [-0.05, 0) is 18.2 Å². The number of pyridine rings is 1. The van der Waals surface area contributed by atoms with Gasteiger partial charge in [-0.25, -0.2) is 14.2 Å². The number of aromatic nitrogens is 2. The Bertz CT molecular complexity index is 876. The highest BCUT2D eigenvalue weighted by atomic mass is 19.1. The molecule has 0 amide bonds. The van der Waals surface area contributed by atoms with Crippen LogP contribution in [0.15, 0.2) is 42.6 Å². The van der Waals surface area contributed by atoms with Crippen LogP contribution in [-0.2, 0) is 6.61 Å². The van der Waals surface area contributed by atoms with Crippen molar-refractivity contribution in [3.05, 3.63) is 59.9 Å². The number of imidazole rings is 1. The SMILES string of the molecule is COc1ccn2c(COc3ccccc3F)nc(C(=O)O)c2c1. The van der Waals surface area contributed by atoms with Crippen molar-refractivity contribution in [1.29, 1.82) is 0 Å². The van der Waals surface area contributed by atoms with Gasteiger partial charge in [-0.2, -0.15) is 0 Å². The third-order valence-corrected chi connectivity index (χ3v) is 3.32. The van der Waals surface area contributed by atoms with Gasteiger partial charge >= 0.3 is 5.97 Å². The molecule has 1 N–H and O–H groups in total. The zero-order valence-electron chi connectivity index (χ0n) is 12.2. The number of para-hydroxylation sites is 1. The van der Waals surface area contributed by atoms with Gasteiger partial charge in [0.05, 0.1) is 12.6 Å². The Balaban J connectivity index is 1.97. The van der Waals surface area contributed by atoms with Crippen LogP contribution in [0, 0.1) is 5.82 Å². The predicted molar refractivity (Wildman–Crippen MR) is 79.4 cm³/mol. The van der Waals surface area contributed by atoms with Gasteiger partial charge in [-0.3, -0.25) is 4.40 Å². The monoisotopic (exact) mass is 316 g/mol. The second-order valence-electron chi connectivity index (χ2n) is 4.72. The molecule has 3 aromatic rings. The molecule has 6 nitrogen and oxygen atoms in total. The number of carboxylic acid groups (broad SMARTS) is 1. The van der Waals surface area contributed by atoms with E-state index in [1.807, 2.05) is 0 Å². The van der Waals surface area contributed by atoms with Crippen LogP contribution in [0.3, 0.4) is 0 Å². The van der Waals surface area contributed by atoms with E-state index in [1.54, 1.807) is 34.9 Å². The quantitative estimate of drug-likeness (QED) is 0.783. The summed E-state index contributed by atoms with van der Waals surface area (Å²) in [5.41, 5.74) is 0.264. The minimum Gasteiger partial charge on any atom is -0.497 e. The molecular formula is C16H13FN2O4. The number of carboxylic acids is 1. The third-order valence-electron chi connectivity index (χ3n) is 3.32. The van der Waals surface area contributed by atoms with Crippen LogP contribution < -0.4 is 9.47 Å². The Morgan fingerprint density at radius 2 is 2.13 bits per heavy atom. The van der Waals surface area contributed by atoms with Crippen LogP contribution in [0.4, 0.5) is 4.39 Å². The van der Waals surface area contributed by atoms with Crippen molar-refractivity contribution in [1.82, 2.24) is 9.38 Å². The number of hydrogen-bond acceptors (Lipinski definition) is 4. The van der Waals surface area contributed by atoms with E-state index in [-0.39, 0.29) is 18.1 Å². The molecule has 23 heavy (non-hydrogen) atoms. The van der Waals surface area contributed by atoms with Crippen molar-refractivity contribution >= 4 is 11.5 Å². The van der Waals surface area contributed by atoms with Crippen LogP contribution in [0.2, 0.25) is 0 Å². The molecular weight excluding hydrogens is 303 g/mol. The van der Waals surface area contributed by atoms with E-state index < -0.39 is 11.8 Å². The summed E-state index contributed by atoms with van der Waals surface area (Å²) in [5, 5.41) is 9.27. The molecule has 0 aliphatic rings. The Labute approximate surface area is 130 Å². The maximum Gasteiger partial charge on any atom is 0.356 e. The summed E-state index contributed by atoms with van der Waals surface area (Å²) in [4.78, 5) is 15.4. The molecule has 0 aliphatic heterocycles. The lowest BCUT2D eigenvalue weighted by Crippen LogP contribution is -2.02. The van der Waals surface area contributed by atoms with Gasteiger partial charge in [0.1, 0.15) is 12.4 Å². The second kappa shape index (κ2) is 5.96. The maximum absolute atomic E-state index is 13.6. The molecule has 7 heteroatoms. The number of ether oxygens (including phenoxy) is 2. The summed E-state index contributed by atoms with van der Waals surface area (Å²) in [6.07, 6.45) is 1.63. The molecule has 0 unspecified atom stereocenters. The maximum atomic E-state index is 13.6. The van der Waals surface area contributed by atoms with Crippen molar-refractivity contribution in [2.24, 2.45) is 0 Å². The zero-order chi connectivity index (χ0) is 16.4. The first-order chi connectivity index (χ1) is 11.1. The molecule has 0 saturated heterocycles. The molecule has 0 bridgehead atoms. The summed E-state index contributed by atoms with van der Waals surface area (Å²) in [7, 11) is 1.49. The van der Waals surface area contributed by atoms with E-state index in [4.69, 9.17) is 9.47 Å². The average Bonchev–Trinajstić information content (AvgIpc) is 2.92. The molecule has 1 aromatic carbocycles. The largest absolute Gasteiger partial charge is 0.497 e. The van der Waals surface area contributed by atoms with Gasteiger partial charge in [-0.15, -0.1) is 0 Å². The molecule has 2 aromatic heterocycles. The van der Waals surface area contributed by atoms with Crippen LogP contribution >= 0.6 is 0 Å². The first kappa shape index (κ1) is 14.8. The summed E-state index contributed by atoms with van der Waals surface area (Å²) < 4.78 is 25.6. The van der Waals surface area contributed by atoms with E-state index in [1.165, 1.54) is 19.2 Å². The minimum atomic E-state index is -1.16. The van der Waals surface area contributed by atoms with Crippen molar-refractivity contribution < 1.29 is 23.8 Å². The van der Waals surface area contributed by atoms with Crippen LogP contribution in [0.1, 0.15) is 16.3 Å². The number of aromatic carboxylic acids is 1. The molecule has 0 spiro atoms. The van der Waals surface area contributed by atoms with Gasteiger partial charge < -0.3 is 14.6 Å². The summed E-state index contributed by atoms with van der Waals surface area (Å²) in [6.45, 7) is -0.0677. The first-order valence-electron chi connectivity index (χ1n) is 6.75. The number of halogens is 1. The van der Waals surface area contributed by atoms with Gasteiger partial charge in [-0.1, -0.05) is 12.1 Å². The lowest BCUT2D eigenvalue weighted by atomic mass is 10.3. The average molecular weight is 316 g/mol. The zero-order valence-corrected chi connectivity index (χ0v) is 12.2. The number of nitrogens with zero attached hydrogens (tertiary/aromatic N) is 2. The fourth-order valence-corrected chi connectivity index (χ4v) is 2.22. The fourth-order valence-electron chi connectivity index (χ4n) is 2.22. The predicted octanol–water partition coefficient (Wildman–Crippen LogP) is 2.76. The highest BCUT2D eigenvalue weighted by molar-refractivity contribution is 5.94. The highest BCUT2D eigenvalue weighted by Crippen LogP contribution is 2.22. The highest BCUT2D eigenvalue weighted by Gasteiger charge is 2.18.